The van der Waals surface area contributed by atoms with E-state index in [-0.39, 0.29) is 30.4 Å². The van der Waals surface area contributed by atoms with Gasteiger partial charge in [0.1, 0.15) is 0 Å². The van der Waals surface area contributed by atoms with Gasteiger partial charge in [0.25, 0.3) is 11.6 Å². The Bertz CT molecular complexity index is 1170. The summed E-state index contributed by atoms with van der Waals surface area (Å²) in [7, 11) is 0. The summed E-state index contributed by atoms with van der Waals surface area (Å²) in [5, 5.41) is 11.9. The number of morpholine rings is 1. The van der Waals surface area contributed by atoms with Gasteiger partial charge in [-0.25, -0.2) is 0 Å². The van der Waals surface area contributed by atoms with E-state index >= 15 is 0 Å². The molecule has 39 heavy (non-hydrogen) atoms. The number of ether oxygens (including phenoxy) is 1. The van der Waals surface area contributed by atoms with Crippen molar-refractivity contribution >= 4 is 23.2 Å². The highest BCUT2D eigenvalue weighted by atomic mass is 35.5. The maximum Gasteiger partial charge on any atom is 0.416 e. The van der Waals surface area contributed by atoms with Gasteiger partial charge in [-0.15, -0.1) is 0 Å². The van der Waals surface area contributed by atoms with Crippen LogP contribution < -0.4 is 0 Å². The number of nitro benzene ring substituents is 1. The first kappa shape index (κ1) is 29.3. The quantitative estimate of drug-likeness (QED) is 0.354. The number of hydrogen-bond donors (Lipinski definition) is 0. The number of halogens is 4. The molecule has 0 N–H and O–H groups in total. The van der Waals surface area contributed by atoms with Crippen LogP contribution in [0.1, 0.15) is 35.3 Å². The molecule has 2 fully saturated rings. The zero-order valence-corrected chi connectivity index (χ0v) is 22.6. The summed E-state index contributed by atoms with van der Waals surface area (Å²) < 4.78 is 46.2. The molecule has 2 aliphatic rings. The topological polar surface area (TPSA) is 79.2 Å². The number of nitrogens with zero attached hydrogens (tertiary/aromatic N) is 4. The number of nitro groups is 1. The summed E-state index contributed by atoms with van der Waals surface area (Å²) in [4.78, 5) is 30.1. The van der Waals surface area contributed by atoms with Crippen LogP contribution in [0.25, 0.3) is 0 Å². The molecule has 0 saturated carbocycles. The van der Waals surface area contributed by atoms with Crippen molar-refractivity contribution in [3.8, 4) is 0 Å². The van der Waals surface area contributed by atoms with E-state index in [1.165, 1.54) is 0 Å². The number of benzene rings is 2. The van der Waals surface area contributed by atoms with Gasteiger partial charge in [-0.05, 0) is 44.0 Å². The Morgan fingerprint density at radius 1 is 1.03 bits per heavy atom. The van der Waals surface area contributed by atoms with Crippen molar-refractivity contribution in [2.75, 3.05) is 45.8 Å². The highest BCUT2D eigenvalue weighted by molar-refractivity contribution is 6.30. The highest BCUT2D eigenvalue weighted by Crippen LogP contribution is 2.33. The van der Waals surface area contributed by atoms with Gasteiger partial charge in [0, 0.05) is 74.6 Å². The summed E-state index contributed by atoms with van der Waals surface area (Å²) >= 11 is 6.03. The number of amides is 1. The van der Waals surface area contributed by atoms with E-state index in [2.05, 4.69) is 9.80 Å². The van der Waals surface area contributed by atoms with Crippen LogP contribution in [0, 0.1) is 10.1 Å². The minimum atomic E-state index is -4.82. The molecule has 12 heteroatoms. The summed E-state index contributed by atoms with van der Waals surface area (Å²) in [6.07, 6.45) is -4.06. The number of alkyl halides is 3. The molecule has 0 unspecified atom stereocenters. The second-order valence-corrected chi connectivity index (χ2v) is 10.8. The van der Waals surface area contributed by atoms with Crippen molar-refractivity contribution in [2.45, 2.75) is 44.7 Å². The standard InChI is InChI=1S/C27H32ClF3N4O4/c1-18-15-33(16-19(2)39-18)8-7-32-9-10-34(25(17-32)11-20-3-5-23(28)6-4-20)26(36)21-12-22(27(29,30)31)14-24(13-21)35(37)38/h3-6,12-14,18-19,25H,7-11,15-17H2,1-2H3/t18-,19+,25-/m1/s1. The van der Waals surface area contributed by atoms with Crippen molar-refractivity contribution < 1.29 is 27.6 Å². The second-order valence-electron chi connectivity index (χ2n) is 10.3. The molecule has 0 aromatic heterocycles. The molecule has 0 bridgehead atoms. The lowest BCUT2D eigenvalue weighted by atomic mass is 10.00. The molecule has 2 aliphatic heterocycles. The number of rotatable bonds is 7. The van der Waals surface area contributed by atoms with Crippen LogP contribution in [0.4, 0.5) is 18.9 Å². The first-order valence-electron chi connectivity index (χ1n) is 12.9. The number of carbonyl (C=O) groups is 1. The normalized spacial score (nSPS) is 23.1. The van der Waals surface area contributed by atoms with Crippen LogP contribution in [0.2, 0.25) is 5.02 Å². The predicted molar refractivity (Wildman–Crippen MR) is 141 cm³/mol. The predicted octanol–water partition coefficient (Wildman–Crippen LogP) is 4.75. The number of hydrogen-bond acceptors (Lipinski definition) is 6. The average Bonchev–Trinajstić information content (AvgIpc) is 2.87. The molecule has 2 saturated heterocycles. The Morgan fingerprint density at radius 3 is 2.28 bits per heavy atom. The van der Waals surface area contributed by atoms with E-state index in [1.54, 1.807) is 17.0 Å². The van der Waals surface area contributed by atoms with Gasteiger partial charge >= 0.3 is 6.18 Å². The van der Waals surface area contributed by atoms with E-state index in [4.69, 9.17) is 16.3 Å². The summed E-state index contributed by atoms with van der Waals surface area (Å²) in [6.45, 7) is 8.73. The van der Waals surface area contributed by atoms with Crippen molar-refractivity contribution in [1.82, 2.24) is 14.7 Å². The van der Waals surface area contributed by atoms with E-state index in [9.17, 15) is 28.1 Å². The first-order valence-corrected chi connectivity index (χ1v) is 13.3. The summed E-state index contributed by atoms with van der Waals surface area (Å²) in [5.74, 6) is -0.654. The molecule has 0 radical (unpaired) electrons. The zero-order chi connectivity index (χ0) is 28.3. The minimum absolute atomic E-state index is 0.150. The Labute approximate surface area is 230 Å². The average molecular weight is 569 g/mol. The van der Waals surface area contributed by atoms with E-state index in [0.29, 0.717) is 36.7 Å². The third-order valence-corrected chi connectivity index (χ3v) is 7.39. The van der Waals surface area contributed by atoms with Crippen molar-refractivity contribution in [1.29, 1.82) is 0 Å². The third kappa shape index (κ3) is 7.69. The van der Waals surface area contributed by atoms with Crippen LogP contribution >= 0.6 is 11.6 Å². The number of carbonyl (C=O) groups excluding carboxylic acids is 1. The fourth-order valence-electron chi connectivity index (χ4n) is 5.38. The SMILES string of the molecule is C[C@@H]1CN(CCN2CCN(C(=O)c3cc([N+](=O)[O-])cc(C(F)(F)F)c3)[C@H](Cc3ccc(Cl)cc3)C2)C[C@H](C)O1. The Hall–Kier alpha value is -2.73. The molecular formula is C27H32ClF3N4O4. The Balaban J connectivity index is 1.55. The molecule has 212 valence electrons. The third-order valence-electron chi connectivity index (χ3n) is 7.14. The lowest BCUT2D eigenvalue weighted by molar-refractivity contribution is -0.385. The zero-order valence-electron chi connectivity index (χ0n) is 21.9. The maximum atomic E-state index is 13.6. The van der Waals surface area contributed by atoms with Gasteiger partial charge in [-0.3, -0.25) is 24.7 Å². The monoisotopic (exact) mass is 568 g/mol. The van der Waals surface area contributed by atoms with Crippen molar-refractivity contribution in [3.63, 3.8) is 0 Å². The van der Waals surface area contributed by atoms with E-state index in [0.717, 1.165) is 37.8 Å². The molecule has 0 aliphatic carbocycles. The molecule has 0 spiro atoms. The molecule has 4 rings (SSSR count). The van der Waals surface area contributed by atoms with E-state index < -0.39 is 28.3 Å². The van der Waals surface area contributed by atoms with Crippen molar-refractivity contribution in [2.24, 2.45) is 0 Å². The van der Waals surface area contributed by atoms with Crippen LogP contribution in [0.3, 0.4) is 0 Å². The minimum Gasteiger partial charge on any atom is -0.373 e. The molecular weight excluding hydrogens is 537 g/mol. The lowest BCUT2D eigenvalue weighted by Crippen LogP contribution is -2.57. The molecule has 3 atom stereocenters. The van der Waals surface area contributed by atoms with Gasteiger partial charge in [0.2, 0.25) is 0 Å². The Morgan fingerprint density at radius 2 is 1.67 bits per heavy atom. The van der Waals surface area contributed by atoms with Crippen LogP contribution in [0.5, 0.6) is 0 Å². The molecule has 2 aromatic rings. The molecule has 1 amide bonds. The largest absolute Gasteiger partial charge is 0.416 e. The Kier molecular flexibility index (Phi) is 9.15. The maximum absolute atomic E-state index is 13.6. The molecule has 2 heterocycles. The van der Waals surface area contributed by atoms with E-state index in [1.807, 2.05) is 26.0 Å². The highest BCUT2D eigenvalue weighted by Gasteiger charge is 2.36. The summed E-state index contributed by atoms with van der Waals surface area (Å²) in [5.41, 5.74) is -1.41. The first-order chi connectivity index (χ1) is 18.4. The fraction of sp³-hybridized carbons (Fsp3) is 0.519. The number of piperazine rings is 1. The molecule has 2 aromatic carbocycles. The van der Waals surface area contributed by atoms with Gasteiger partial charge in [-0.1, -0.05) is 23.7 Å². The van der Waals surface area contributed by atoms with Gasteiger partial charge in [0.05, 0.1) is 22.7 Å². The fourth-order valence-corrected chi connectivity index (χ4v) is 5.50. The van der Waals surface area contributed by atoms with Gasteiger partial charge in [-0.2, -0.15) is 13.2 Å². The van der Waals surface area contributed by atoms with Gasteiger partial charge in [0.15, 0.2) is 0 Å². The van der Waals surface area contributed by atoms with Crippen molar-refractivity contribution in [3.05, 3.63) is 74.3 Å². The smallest absolute Gasteiger partial charge is 0.373 e. The second kappa shape index (κ2) is 12.2. The summed E-state index contributed by atoms with van der Waals surface area (Å²) in [6, 6.07) is 8.94. The lowest BCUT2D eigenvalue weighted by Gasteiger charge is -2.43. The van der Waals surface area contributed by atoms with Gasteiger partial charge < -0.3 is 9.64 Å². The molecule has 8 nitrogen and oxygen atoms in total. The van der Waals surface area contributed by atoms with Crippen LogP contribution in [0.15, 0.2) is 42.5 Å². The van der Waals surface area contributed by atoms with Crippen LogP contribution in [-0.4, -0.2) is 89.6 Å². The number of non-ortho nitro benzene ring substituents is 1. The van der Waals surface area contributed by atoms with Crippen LogP contribution in [-0.2, 0) is 17.3 Å².